The fourth-order valence-electron chi connectivity index (χ4n) is 4.97. The first kappa shape index (κ1) is 34.2. The Balaban J connectivity index is 1.72. The molecule has 3 rings (SSSR count). The van der Waals surface area contributed by atoms with E-state index in [-0.39, 0.29) is 25.7 Å². The summed E-state index contributed by atoms with van der Waals surface area (Å²) < 4.78 is 16.3. The molecule has 0 radical (unpaired) electrons. The van der Waals surface area contributed by atoms with Crippen LogP contribution in [0.15, 0.2) is 60.7 Å². The van der Waals surface area contributed by atoms with E-state index in [1.54, 1.807) is 38.1 Å². The van der Waals surface area contributed by atoms with Crippen LogP contribution >= 0.6 is 0 Å². The number of Topliss-reactive ketones (excluding diaryl/α,β-unsaturated/α-hetero) is 1. The van der Waals surface area contributed by atoms with Crippen LogP contribution in [0, 0.1) is 5.92 Å². The molecule has 1 aliphatic rings. The van der Waals surface area contributed by atoms with Crippen LogP contribution in [0.25, 0.3) is 0 Å². The lowest BCUT2D eigenvalue weighted by molar-refractivity contribution is -0.146. The van der Waals surface area contributed by atoms with Gasteiger partial charge in [0.05, 0.1) is 19.8 Å². The molecule has 3 atom stereocenters. The second kappa shape index (κ2) is 18.4. The number of ketones is 1. The maximum atomic E-state index is 13.7. The summed E-state index contributed by atoms with van der Waals surface area (Å²) in [7, 11) is 0. The Kier molecular flexibility index (Phi) is 14.3. The molecule has 3 unspecified atom stereocenters. The Bertz CT molecular complexity index is 1220. The fourth-order valence-corrected chi connectivity index (χ4v) is 4.97. The standard InChI is InChI=1S/C33H43N3O8/c1-3-43-29(37)20-34-33(41)30(38)28(22-42-21-25-15-9-5-10-16-25)36-32(40)27(19-24-13-7-4-8-14-24)35-31(39)23(2)44-26-17-11-6-12-18-26/h5-6,9-12,15-18,23-24,27-28H,3-4,7-8,13-14,19-22H2,1-2H3,(H,34,41)(H,35,39)(H,36,40). The molecule has 0 heterocycles. The minimum Gasteiger partial charge on any atom is -0.481 e. The number of rotatable bonds is 17. The van der Waals surface area contributed by atoms with E-state index in [0.717, 1.165) is 37.7 Å². The molecule has 44 heavy (non-hydrogen) atoms. The second-order valence-corrected chi connectivity index (χ2v) is 10.8. The highest BCUT2D eigenvalue weighted by Crippen LogP contribution is 2.27. The normalized spacial score (nSPS) is 15.2. The third-order valence-electron chi connectivity index (χ3n) is 7.30. The molecule has 2 aromatic carbocycles. The summed E-state index contributed by atoms with van der Waals surface area (Å²) >= 11 is 0. The minimum absolute atomic E-state index is 0.123. The van der Waals surface area contributed by atoms with Crippen molar-refractivity contribution in [2.75, 3.05) is 19.8 Å². The molecule has 11 heteroatoms. The van der Waals surface area contributed by atoms with Crippen molar-refractivity contribution in [2.24, 2.45) is 5.92 Å². The highest BCUT2D eigenvalue weighted by Gasteiger charge is 2.33. The first-order chi connectivity index (χ1) is 21.3. The van der Waals surface area contributed by atoms with E-state index >= 15 is 0 Å². The van der Waals surface area contributed by atoms with Crippen LogP contribution in [0.4, 0.5) is 0 Å². The zero-order valence-electron chi connectivity index (χ0n) is 25.4. The Morgan fingerprint density at radius 1 is 0.841 bits per heavy atom. The first-order valence-corrected chi connectivity index (χ1v) is 15.2. The number of carbonyl (C=O) groups excluding carboxylic acids is 5. The van der Waals surface area contributed by atoms with Crippen LogP contribution in [0.2, 0.25) is 0 Å². The highest BCUT2D eigenvalue weighted by molar-refractivity contribution is 6.38. The van der Waals surface area contributed by atoms with Crippen molar-refractivity contribution in [2.45, 2.75) is 77.2 Å². The molecule has 0 saturated heterocycles. The van der Waals surface area contributed by atoms with Gasteiger partial charge in [-0.05, 0) is 43.9 Å². The van der Waals surface area contributed by atoms with Gasteiger partial charge in [-0.25, -0.2) is 0 Å². The molecule has 11 nitrogen and oxygen atoms in total. The molecule has 0 aromatic heterocycles. The van der Waals surface area contributed by atoms with E-state index in [1.165, 1.54) is 0 Å². The lowest BCUT2D eigenvalue weighted by Crippen LogP contribution is -2.57. The van der Waals surface area contributed by atoms with Gasteiger partial charge in [-0.1, -0.05) is 80.6 Å². The fraction of sp³-hybridized carbons (Fsp3) is 0.485. The SMILES string of the molecule is CCOC(=O)CNC(=O)C(=O)C(COCc1ccccc1)NC(=O)C(CC1CCCCC1)NC(=O)C(C)Oc1ccccc1. The minimum atomic E-state index is -1.36. The molecule has 238 valence electrons. The summed E-state index contributed by atoms with van der Waals surface area (Å²) in [6.07, 6.45) is 4.53. The summed E-state index contributed by atoms with van der Waals surface area (Å²) in [6.45, 7) is 2.68. The molecular formula is C33H43N3O8. The number of esters is 1. The maximum Gasteiger partial charge on any atom is 0.325 e. The van der Waals surface area contributed by atoms with Crippen LogP contribution in [-0.4, -0.2) is 67.4 Å². The topological polar surface area (TPSA) is 149 Å². The highest BCUT2D eigenvalue weighted by atomic mass is 16.5. The molecule has 0 aliphatic heterocycles. The lowest BCUT2D eigenvalue weighted by atomic mass is 9.84. The van der Waals surface area contributed by atoms with Crippen LogP contribution in [0.5, 0.6) is 5.75 Å². The summed E-state index contributed by atoms with van der Waals surface area (Å²) in [4.78, 5) is 64.4. The van der Waals surface area contributed by atoms with E-state index in [9.17, 15) is 24.0 Å². The average molecular weight is 610 g/mol. The third-order valence-corrected chi connectivity index (χ3v) is 7.30. The van der Waals surface area contributed by atoms with Crippen molar-refractivity contribution in [1.29, 1.82) is 0 Å². The Morgan fingerprint density at radius 3 is 2.14 bits per heavy atom. The van der Waals surface area contributed by atoms with E-state index in [4.69, 9.17) is 14.2 Å². The molecule has 0 spiro atoms. The number of nitrogens with one attached hydrogen (secondary N) is 3. The molecule has 1 saturated carbocycles. The quantitative estimate of drug-likeness (QED) is 0.183. The van der Waals surface area contributed by atoms with Gasteiger partial charge in [0.1, 0.15) is 24.4 Å². The number of benzene rings is 2. The summed E-state index contributed by atoms with van der Waals surface area (Å²) in [5.74, 6) is -3.13. The van der Waals surface area contributed by atoms with E-state index in [2.05, 4.69) is 16.0 Å². The van der Waals surface area contributed by atoms with Crippen LogP contribution in [0.1, 0.15) is 57.9 Å². The number of para-hydroxylation sites is 1. The summed E-state index contributed by atoms with van der Waals surface area (Å²) in [6, 6.07) is 15.8. The summed E-state index contributed by atoms with van der Waals surface area (Å²) in [5, 5.41) is 7.68. The largest absolute Gasteiger partial charge is 0.481 e. The van der Waals surface area contributed by atoms with E-state index in [1.807, 2.05) is 36.4 Å². The van der Waals surface area contributed by atoms with Gasteiger partial charge in [0.2, 0.25) is 11.7 Å². The molecule has 3 N–H and O–H groups in total. The van der Waals surface area contributed by atoms with Gasteiger partial charge in [0.25, 0.3) is 11.8 Å². The number of hydrogen-bond donors (Lipinski definition) is 3. The van der Waals surface area contributed by atoms with Gasteiger partial charge in [-0.3, -0.25) is 24.0 Å². The Morgan fingerprint density at radius 2 is 1.48 bits per heavy atom. The van der Waals surface area contributed by atoms with E-state index in [0.29, 0.717) is 12.2 Å². The maximum absolute atomic E-state index is 13.7. The van der Waals surface area contributed by atoms with Crippen LogP contribution in [-0.2, 0) is 40.1 Å². The van der Waals surface area contributed by atoms with Crippen molar-refractivity contribution >= 4 is 29.5 Å². The second-order valence-electron chi connectivity index (χ2n) is 10.8. The van der Waals surface area contributed by atoms with Gasteiger partial charge in [-0.2, -0.15) is 0 Å². The van der Waals surface area contributed by atoms with Crippen molar-refractivity contribution in [3.63, 3.8) is 0 Å². The van der Waals surface area contributed by atoms with Gasteiger partial charge < -0.3 is 30.2 Å². The van der Waals surface area contributed by atoms with Crippen LogP contribution in [0.3, 0.4) is 0 Å². The van der Waals surface area contributed by atoms with Gasteiger partial charge in [0, 0.05) is 0 Å². The van der Waals surface area contributed by atoms with Crippen molar-refractivity contribution in [3.05, 3.63) is 66.2 Å². The third kappa shape index (κ3) is 11.8. The van der Waals surface area contributed by atoms with Crippen molar-refractivity contribution in [1.82, 2.24) is 16.0 Å². The molecule has 2 aromatic rings. The molecule has 1 fully saturated rings. The van der Waals surface area contributed by atoms with E-state index < -0.39 is 54.2 Å². The predicted molar refractivity (Wildman–Crippen MR) is 162 cm³/mol. The van der Waals surface area contributed by atoms with Crippen molar-refractivity contribution < 1.29 is 38.2 Å². The number of amides is 3. The van der Waals surface area contributed by atoms with Gasteiger partial charge in [-0.15, -0.1) is 0 Å². The average Bonchev–Trinajstić information content (AvgIpc) is 3.04. The number of ether oxygens (including phenoxy) is 3. The van der Waals surface area contributed by atoms with Crippen molar-refractivity contribution in [3.8, 4) is 5.75 Å². The molecule has 3 amide bonds. The molecule has 1 aliphatic carbocycles. The zero-order chi connectivity index (χ0) is 31.7. The van der Waals surface area contributed by atoms with Crippen LogP contribution < -0.4 is 20.7 Å². The molecule has 0 bridgehead atoms. The first-order valence-electron chi connectivity index (χ1n) is 15.2. The van der Waals surface area contributed by atoms with Gasteiger partial charge >= 0.3 is 5.97 Å². The number of carbonyl (C=O) groups is 5. The van der Waals surface area contributed by atoms with Gasteiger partial charge in [0.15, 0.2) is 6.10 Å². The monoisotopic (exact) mass is 609 g/mol. The lowest BCUT2D eigenvalue weighted by Gasteiger charge is -2.28. The number of hydrogen-bond acceptors (Lipinski definition) is 8. The zero-order valence-corrected chi connectivity index (χ0v) is 25.4. The predicted octanol–water partition coefficient (Wildman–Crippen LogP) is 2.86. The Hall–Kier alpha value is -4.25. The Labute approximate surface area is 258 Å². The smallest absolute Gasteiger partial charge is 0.325 e. The molecular weight excluding hydrogens is 566 g/mol. The summed E-state index contributed by atoms with van der Waals surface area (Å²) in [5.41, 5.74) is 0.839.